The van der Waals surface area contributed by atoms with Crippen molar-refractivity contribution in [3.8, 4) is 0 Å². The Morgan fingerprint density at radius 3 is 2.56 bits per heavy atom. The lowest BCUT2D eigenvalue weighted by molar-refractivity contribution is -0.127. The number of likely N-dealkylation sites (N-methyl/N-ethyl adjacent to an activating group) is 1. The summed E-state index contributed by atoms with van der Waals surface area (Å²) < 4.78 is 15.1. The number of nitrogens with one attached hydrogen (secondary N) is 2. The summed E-state index contributed by atoms with van der Waals surface area (Å²) in [5.41, 5.74) is 3.06. The number of allylic oxidation sites excluding steroid dienone is 1. The molecule has 4 rings (SSSR count). The molecule has 0 bridgehead atoms. The Hall–Kier alpha value is -3.94. The van der Waals surface area contributed by atoms with Crippen molar-refractivity contribution in [3.63, 3.8) is 0 Å². The van der Waals surface area contributed by atoms with Crippen LogP contribution in [0.4, 0.5) is 20.6 Å². The number of anilines is 2. The standard InChI is InChI=1S/C26H27FN4O3/c1-5-31-22-13-20(27)17(11-19(22)16(2)14-26(31,3)4)12-21-24(33)30(25(34)29-21)15-23(32)28-18-9-7-6-8-10-18/h6-14H,5,15H2,1-4H3,(H,28,32)(H,29,34)/b21-12+. The summed E-state index contributed by atoms with van der Waals surface area (Å²) in [6.45, 7) is 8.39. The summed E-state index contributed by atoms with van der Waals surface area (Å²) in [5, 5.41) is 5.09. The van der Waals surface area contributed by atoms with Crippen molar-refractivity contribution >= 4 is 40.9 Å². The van der Waals surface area contributed by atoms with Crippen LogP contribution in [0.15, 0.2) is 54.2 Å². The molecule has 34 heavy (non-hydrogen) atoms. The lowest BCUT2D eigenvalue weighted by atomic mass is 9.88. The molecular weight excluding hydrogens is 435 g/mol. The van der Waals surface area contributed by atoms with E-state index in [1.165, 1.54) is 12.1 Å². The van der Waals surface area contributed by atoms with E-state index in [1.807, 2.05) is 19.9 Å². The van der Waals surface area contributed by atoms with E-state index < -0.39 is 30.2 Å². The number of carbonyl (C=O) groups is 3. The van der Waals surface area contributed by atoms with Gasteiger partial charge in [-0.1, -0.05) is 24.3 Å². The first kappa shape index (κ1) is 23.2. The highest BCUT2D eigenvalue weighted by Gasteiger charge is 2.36. The number of fused-ring (bicyclic) bond motifs is 1. The molecular formula is C26H27FN4O3. The highest BCUT2D eigenvalue weighted by molar-refractivity contribution is 6.16. The molecule has 0 aliphatic carbocycles. The second-order valence-corrected chi connectivity index (χ2v) is 8.91. The number of carbonyl (C=O) groups excluding carboxylic acids is 3. The van der Waals surface area contributed by atoms with Gasteiger partial charge in [-0.05, 0) is 63.6 Å². The summed E-state index contributed by atoms with van der Waals surface area (Å²) >= 11 is 0. The van der Waals surface area contributed by atoms with E-state index in [4.69, 9.17) is 0 Å². The van der Waals surface area contributed by atoms with E-state index in [0.717, 1.165) is 21.7 Å². The van der Waals surface area contributed by atoms with Gasteiger partial charge in [0, 0.05) is 29.0 Å². The first-order valence-corrected chi connectivity index (χ1v) is 11.1. The van der Waals surface area contributed by atoms with E-state index in [0.29, 0.717) is 12.2 Å². The number of amides is 4. The summed E-state index contributed by atoms with van der Waals surface area (Å²) in [6, 6.07) is 11.1. The molecule has 2 aromatic rings. The third-order valence-electron chi connectivity index (χ3n) is 6.03. The fourth-order valence-corrected chi connectivity index (χ4v) is 4.54. The molecule has 0 aromatic heterocycles. The fraction of sp³-hybridized carbons (Fsp3) is 0.269. The molecule has 0 atom stereocenters. The monoisotopic (exact) mass is 462 g/mol. The van der Waals surface area contributed by atoms with Gasteiger partial charge in [0.2, 0.25) is 5.91 Å². The Morgan fingerprint density at radius 2 is 1.88 bits per heavy atom. The number of nitrogens with zero attached hydrogens (tertiary/aromatic N) is 2. The van der Waals surface area contributed by atoms with Crippen molar-refractivity contribution in [1.82, 2.24) is 10.2 Å². The Bertz CT molecular complexity index is 1230. The second kappa shape index (κ2) is 8.78. The molecule has 0 spiro atoms. The van der Waals surface area contributed by atoms with Gasteiger partial charge >= 0.3 is 6.03 Å². The van der Waals surface area contributed by atoms with Gasteiger partial charge in [-0.15, -0.1) is 0 Å². The molecule has 2 N–H and O–H groups in total. The summed E-state index contributed by atoms with van der Waals surface area (Å²) in [6.07, 6.45) is 3.44. The molecule has 2 heterocycles. The topological polar surface area (TPSA) is 81.8 Å². The van der Waals surface area contributed by atoms with Crippen LogP contribution in [-0.4, -0.2) is 41.4 Å². The van der Waals surface area contributed by atoms with Crippen molar-refractivity contribution in [2.24, 2.45) is 0 Å². The van der Waals surface area contributed by atoms with Crippen LogP contribution >= 0.6 is 0 Å². The molecule has 0 radical (unpaired) electrons. The van der Waals surface area contributed by atoms with Gasteiger partial charge < -0.3 is 15.5 Å². The highest BCUT2D eigenvalue weighted by atomic mass is 19.1. The summed E-state index contributed by atoms with van der Waals surface area (Å²) in [4.78, 5) is 40.4. The minimum Gasteiger partial charge on any atom is -0.363 e. The second-order valence-electron chi connectivity index (χ2n) is 8.91. The average molecular weight is 463 g/mol. The van der Waals surface area contributed by atoms with Gasteiger partial charge in [-0.2, -0.15) is 0 Å². The fourth-order valence-electron chi connectivity index (χ4n) is 4.54. The van der Waals surface area contributed by atoms with Crippen LogP contribution in [0.2, 0.25) is 0 Å². The van der Waals surface area contributed by atoms with E-state index in [-0.39, 0.29) is 16.8 Å². The molecule has 0 saturated carbocycles. The summed E-state index contributed by atoms with van der Waals surface area (Å²) in [7, 11) is 0. The molecule has 8 heteroatoms. The normalized spacial score (nSPS) is 18.0. The van der Waals surface area contributed by atoms with Crippen molar-refractivity contribution in [1.29, 1.82) is 0 Å². The smallest absolute Gasteiger partial charge is 0.329 e. The van der Waals surface area contributed by atoms with Crippen LogP contribution in [0.3, 0.4) is 0 Å². The van der Waals surface area contributed by atoms with Crippen LogP contribution in [0.25, 0.3) is 11.6 Å². The van der Waals surface area contributed by atoms with E-state index in [2.05, 4.69) is 35.5 Å². The molecule has 2 aliphatic rings. The largest absolute Gasteiger partial charge is 0.363 e. The summed E-state index contributed by atoms with van der Waals surface area (Å²) in [5.74, 6) is -1.70. The average Bonchev–Trinajstić information content (AvgIpc) is 3.02. The minimum absolute atomic E-state index is 0.0820. The number of hydrogen-bond donors (Lipinski definition) is 2. The highest BCUT2D eigenvalue weighted by Crippen LogP contribution is 2.40. The lowest BCUT2D eigenvalue weighted by Gasteiger charge is -2.42. The zero-order valence-electron chi connectivity index (χ0n) is 19.6. The van der Waals surface area contributed by atoms with E-state index >= 15 is 4.39 Å². The SMILES string of the molecule is CCN1c2cc(F)c(/C=C3/NC(=O)N(CC(=O)Nc4ccccc4)C3=O)cc2C(C)=CC1(C)C. The first-order chi connectivity index (χ1) is 16.1. The number of para-hydroxylation sites is 1. The lowest BCUT2D eigenvalue weighted by Crippen LogP contribution is -2.45. The van der Waals surface area contributed by atoms with Crippen LogP contribution in [0.5, 0.6) is 0 Å². The van der Waals surface area contributed by atoms with Gasteiger partial charge in [0.05, 0.1) is 5.54 Å². The van der Waals surface area contributed by atoms with Crippen LogP contribution in [0.1, 0.15) is 38.8 Å². The van der Waals surface area contributed by atoms with Crippen LogP contribution < -0.4 is 15.5 Å². The molecule has 1 saturated heterocycles. The first-order valence-electron chi connectivity index (χ1n) is 11.1. The number of urea groups is 1. The molecule has 7 nitrogen and oxygen atoms in total. The Kier molecular flexibility index (Phi) is 6.00. The van der Waals surface area contributed by atoms with Gasteiger partial charge in [0.1, 0.15) is 18.1 Å². The zero-order valence-corrected chi connectivity index (χ0v) is 19.6. The Labute approximate surface area is 197 Å². The van der Waals surface area contributed by atoms with Gasteiger partial charge in [0.25, 0.3) is 5.91 Å². The third kappa shape index (κ3) is 4.31. The zero-order chi connectivity index (χ0) is 24.6. The van der Waals surface area contributed by atoms with Crippen molar-refractivity contribution in [2.45, 2.75) is 33.2 Å². The molecule has 0 unspecified atom stereocenters. The number of benzene rings is 2. The maximum Gasteiger partial charge on any atom is 0.329 e. The number of hydrogen-bond acceptors (Lipinski definition) is 4. The van der Waals surface area contributed by atoms with Crippen LogP contribution in [0, 0.1) is 5.82 Å². The molecule has 1 fully saturated rings. The van der Waals surface area contributed by atoms with Crippen LogP contribution in [-0.2, 0) is 9.59 Å². The molecule has 4 amide bonds. The van der Waals surface area contributed by atoms with E-state index in [9.17, 15) is 14.4 Å². The van der Waals surface area contributed by atoms with Crippen molar-refractivity contribution < 1.29 is 18.8 Å². The van der Waals surface area contributed by atoms with Gasteiger partial charge in [-0.25, -0.2) is 14.1 Å². The van der Waals surface area contributed by atoms with E-state index in [1.54, 1.807) is 30.3 Å². The van der Waals surface area contributed by atoms with Crippen molar-refractivity contribution in [2.75, 3.05) is 23.3 Å². The predicted octanol–water partition coefficient (Wildman–Crippen LogP) is 4.38. The van der Waals surface area contributed by atoms with Gasteiger partial charge in [0.15, 0.2) is 0 Å². The minimum atomic E-state index is -0.729. The molecule has 2 aromatic carbocycles. The Balaban J connectivity index is 1.58. The number of halogens is 1. The maximum atomic E-state index is 15.1. The van der Waals surface area contributed by atoms with Gasteiger partial charge in [-0.3, -0.25) is 9.59 Å². The molecule has 2 aliphatic heterocycles. The maximum absolute atomic E-state index is 15.1. The quantitative estimate of drug-likeness (QED) is 0.511. The third-order valence-corrected chi connectivity index (χ3v) is 6.03. The number of rotatable bonds is 5. The number of imide groups is 1. The molecule has 176 valence electrons. The predicted molar refractivity (Wildman–Crippen MR) is 130 cm³/mol. The Morgan fingerprint density at radius 1 is 1.18 bits per heavy atom. The van der Waals surface area contributed by atoms with Crippen molar-refractivity contribution in [3.05, 3.63) is 71.2 Å².